The number of anilines is 1. The van der Waals surface area contributed by atoms with Gasteiger partial charge in [0.05, 0.1) is 11.8 Å². The normalized spacial score (nSPS) is 19.6. The summed E-state index contributed by atoms with van der Waals surface area (Å²) >= 11 is 0. The first-order valence-electron chi connectivity index (χ1n) is 5.59. The van der Waals surface area contributed by atoms with Gasteiger partial charge in [-0.2, -0.15) is 0 Å². The minimum Gasteiger partial charge on any atom is -0.478 e. The summed E-state index contributed by atoms with van der Waals surface area (Å²) in [7, 11) is 1.68. The van der Waals surface area contributed by atoms with Gasteiger partial charge in [0.25, 0.3) is 0 Å². The number of hydrogen-bond donors (Lipinski definition) is 1. The maximum atomic E-state index is 11.1. The Morgan fingerprint density at radius 3 is 3.00 bits per heavy atom. The lowest BCUT2D eigenvalue weighted by Gasteiger charge is -2.20. The highest BCUT2D eigenvalue weighted by Gasteiger charge is 2.25. The smallest absolute Gasteiger partial charge is 0.339 e. The Morgan fingerprint density at radius 2 is 2.41 bits per heavy atom. The number of hydrogen-bond acceptors (Lipinski definition) is 4. The lowest BCUT2D eigenvalue weighted by Crippen LogP contribution is -2.24. The van der Waals surface area contributed by atoms with Gasteiger partial charge in [-0.05, 0) is 19.4 Å². The monoisotopic (exact) mass is 236 g/mol. The molecular formula is C12H16N2O3. The first-order valence-corrected chi connectivity index (χ1v) is 5.59. The first-order chi connectivity index (χ1) is 8.11. The standard InChI is InChI=1S/C12H16N2O3/c1-8-5-11(10(6-13-8)12(15)16)14-4-3-9(7-14)17-2/h5-6,9H,3-4,7H2,1-2H3,(H,15,16). The number of carbonyl (C=O) groups is 1. The number of aromatic carboxylic acids is 1. The molecule has 0 saturated carbocycles. The Kier molecular flexibility index (Phi) is 3.28. The van der Waals surface area contributed by atoms with Crippen LogP contribution in [0.15, 0.2) is 12.3 Å². The number of ether oxygens (including phenoxy) is 1. The van der Waals surface area contributed by atoms with Crippen LogP contribution >= 0.6 is 0 Å². The lowest BCUT2D eigenvalue weighted by molar-refractivity contribution is 0.0697. The molecule has 0 spiro atoms. The van der Waals surface area contributed by atoms with Gasteiger partial charge in [0.2, 0.25) is 0 Å². The number of rotatable bonds is 3. The maximum absolute atomic E-state index is 11.1. The SMILES string of the molecule is COC1CCN(c2cc(C)ncc2C(=O)O)C1. The minimum absolute atomic E-state index is 0.185. The van der Waals surface area contributed by atoms with Gasteiger partial charge in [-0.15, -0.1) is 0 Å². The summed E-state index contributed by atoms with van der Waals surface area (Å²) in [5.74, 6) is -0.937. The van der Waals surface area contributed by atoms with Crippen LogP contribution < -0.4 is 4.90 Å². The second-order valence-corrected chi connectivity index (χ2v) is 4.24. The highest BCUT2D eigenvalue weighted by atomic mass is 16.5. The molecule has 0 amide bonds. The van der Waals surface area contributed by atoms with Crippen LogP contribution in [0.2, 0.25) is 0 Å². The predicted molar refractivity (Wildman–Crippen MR) is 63.6 cm³/mol. The molecule has 1 aromatic rings. The van der Waals surface area contributed by atoms with E-state index in [-0.39, 0.29) is 11.7 Å². The van der Waals surface area contributed by atoms with Crippen LogP contribution in [0.3, 0.4) is 0 Å². The Balaban J connectivity index is 2.31. The molecule has 0 bridgehead atoms. The first kappa shape index (κ1) is 11.9. The van der Waals surface area contributed by atoms with Gasteiger partial charge in [0.1, 0.15) is 5.56 Å². The second-order valence-electron chi connectivity index (χ2n) is 4.24. The van der Waals surface area contributed by atoms with Crippen LogP contribution in [0.25, 0.3) is 0 Å². The van der Waals surface area contributed by atoms with Crippen molar-refractivity contribution in [3.63, 3.8) is 0 Å². The average molecular weight is 236 g/mol. The molecule has 2 rings (SSSR count). The van der Waals surface area contributed by atoms with E-state index >= 15 is 0 Å². The van der Waals surface area contributed by atoms with Crippen molar-refractivity contribution < 1.29 is 14.6 Å². The number of nitrogens with zero attached hydrogens (tertiary/aromatic N) is 2. The maximum Gasteiger partial charge on any atom is 0.339 e. The summed E-state index contributed by atoms with van der Waals surface area (Å²) in [6.07, 6.45) is 2.54. The fourth-order valence-corrected chi connectivity index (χ4v) is 2.11. The zero-order chi connectivity index (χ0) is 12.4. The Hall–Kier alpha value is -1.62. The van der Waals surface area contributed by atoms with E-state index in [1.807, 2.05) is 17.9 Å². The van der Waals surface area contributed by atoms with Crippen molar-refractivity contribution in [1.29, 1.82) is 0 Å². The summed E-state index contributed by atoms with van der Waals surface area (Å²) in [4.78, 5) is 17.2. The summed E-state index contributed by atoms with van der Waals surface area (Å²) in [5, 5.41) is 9.14. The van der Waals surface area contributed by atoms with Crippen LogP contribution in [0.4, 0.5) is 5.69 Å². The van der Waals surface area contributed by atoms with E-state index in [0.29, 0.717) is 0 Å². The van der Waals surface area contributed by atoms with Crippen molar-refractivity contribution in [2.45, 2.75) is 19.4 Å². The summed E-state index contributed by atoms with van der Waals surface area (Å²) in [5.41, 5.74) is 1.82. The van der Waals surface area contributed by atoms with Gasteiger partial charge in [0, 0.05) is 32.1 Å². The number of pyridine rings is 1. The topological polar surface area (TPSA) is 62.7 Å². The highest BCUT2D eigenvalue weighted by Crippen LogP contribution is 2.25. The Bertz CT molecular complexity index is 434. The van der Waals surface area contributed by atoms with Crippen LogP contribution in [-0.4, -0.2) is 42.4 Å². The zero-order valence-electron chi connectivity index (χ0n) is 10.0. The van der Waals surface area contributed by atoms with E-state index in [1.165, 1.54) is 6.20 Å². The summed E-state index contributed by atoms with van der Waals surface area (Å²) in [6, 6.07) is 1.82. The van der Waals surface area contributed by atoms with Crippen LogP contribution in [-0.2, 0) is 4.74 Å². The lowest BCUT2D eigenvalue weighted by atomic mass is 10.2. The van der Waals surface area contributed by atoms with E-state index in [4.69, 9.17) is 9.84 Å². The molecule has 1 fully saturated rings. The third-order valence-corrected chi connectivity index (χ3v) is 3.07. The van der Waals surface area contributed by atoms with Crippen molar-refractivity contribution in [1.82, 2.24) is 4.98 Å². The van der Waals surface area contributed by atoms with Gasteiger partial charge >= 0.3 is 5.97 Å². The van der Waals surface area contributed by atoms with Crippen LogP contribution in [0.1, 0.15) is 22.5 Å². The van der Waals surface area contributed by atoms with Gasteiger partial charge in [0.15, 0.2) is 0 Å². The second kappa shape index (κ2) is 4.71. The van der Waals surface area contributed by atoms with E-state index < -0.39 is 5.97 Å². The minimum atomic E-state index is -0.937. The van der Waals surface area contributed by atoms with Crippen molar-refractivity contribution in [3.8, 4) is 0 Å². The molecule has 1 aliphatic heterocycles. The fourth-order valence-electron chi connectivity index (χ4n) is 2.11. The number of carboxylic acids is 1. The van der Waals surface area contributed by atoms with Crippen molar-refractivity contribution in [2.75, 3.05) is 25.1 Å². The van der Waals surface area contributed by atoms with Crippen LogP contribution in [0.5, 0.6) is 0 Å². The van der Waals surface area contributed by atoms with E-state index in [0.717, 1.165) is 30.9 Å². The third-order valence-electron chi connectivity index (χ3n) is 3.07. The van der Waals surface area contributed by atoms with Crippen molar-refractivity contribution >= 4 is 11.7 Å². The molecule has 17 heavy (non-hydrogen) atoms. The van der Waals surface area contributed by atoms with E-state index in [2.05, 4.69) is 4.98 Å². The molecule has 0 aliphatic carbocycles. The van der Waals surface area contributed by atoms with Crippen molar-refractivity contribution in [3.05, 3.63) is 23.5 Å². The number of aromatic nitrogens is 1. The molecule has 0 aromatic carbocycles. The van der Waals surface area contributed by atoms with E-state index in [1.54, 1.807) is 7.11 Å². The quantitative estimate of drug-likeness (QED) is 0.857. The van der Waals surface area contributed by atoms with Crippen LogP contribution in [0, 0.1) is 6.92 Å². The average Bonchev–Trinajstić information content (AvgIpc) is 2.76. The Morgan fingerprint density at radius 1 is 1.65 bits per heavy atom. The molecule has 5 nitrogen and oxygen atoms in total. The Labute approximate surface area is 100 Å². The largest absolute Gasteiger partial charge is 0.478 e. The molecule has 92 valence electrons. The number of carboxylic acid groups (broad SMARTS) is 1. The molecule has 1 saturated heterocycles. The number of aryl methyl sites for hydroxylation is 1. The highest BCUT2D eigenvalue weighted by molar-refractivity contribution is 5.94. The summed E-state index contributed by atoms with van der Waals surface area (Å²) < 4.78 is 5.29. The molecule has 1 N–H and O–H groups in total. The molecule has 1 unspecified atom stereocenters. The molecule has 0 radical (unpaired) electrons. The zero-order valence-corrected chi connectivity index (χ0v) is 10.0. The molecule has 5 heteroatoms. The molecule has 1 atom stereocenters. The van der Waals surface area contributed by atoms with Crippen molar-refractivity contribution in [2.24, 2.45) is 0 Å². The molecular weight excluding hydrogens is 220 g/mol. The molecule has 1 aliphatic rings. The van der Waals surface area contributed by atoms with E-state index in [9.17, 15) is 4.79 Å². The third kappa shape index (κ3) is 2.39. The van der Waals surface area contributed by atoms with Gasteiger partial charge in [-0.25, -0.2) is 4.79 Å². The van der Waals surface area contributed by atoms with Gasteiger partial charge in [-0.3, -0.25) is 4.98 Å². The molecule has 2 heterocycles. The summed E-state index contributed by atoms with van der Waals surface area (Å²) in [6.45, 7) is 3.42. The fraction of sp³-hybridized carbons (Fsp3) is 0.500. The molecule has 1 aromatic heterocycles. The van der Waals surface area contributed by atoms with Gasteiger partial charge in [-0.1, -0.05) is 0 Å². The predicted octanol–water partition coefficient (Wildman–Crippen LogP) is 1.31. The van der Waals surface area contributed by atoms with Gasteiger partial charge < -0.3 is 14.7 Å². The number of methoxy groups -OCH3 is 1.